The Hall–Kier alpha value is -0.540. The molecule has 0 radical (unpaired) electrons. The minimum atomic E-state index is -0.0571. The third-order valence-electron chi connectivity index (χ3n) is 2.28. The molecule has 1 unspecified atom stereocenters. The van der Waals surface area contributed by atoms with E-state index in [0.29, 0.717) is 10.6 Å². The fraction of sp³-hybridized carbons (Fsp3) is 0.417. The molecule has 4 heteroatoms. The minimum absolute atomic E-state index is 0.0571. The molecule has 2 nitrogen and oxygen atoms in total. The van der Waals surface area contributed by atoms with Crippen LogP contribution in [0.3, 0.4) is 0 Å². The maximum Gasteiger partial charge on any atom is 0.251 e. The van der Waals surface area contributed by atoms with Crippen molar-refractivity contribution in [3.05, 3.63) is 33.3 Å². The van der Waals surface area contributed by atoms with Crippen LogP contribution in [0, 0.1) is 0 Å². The quantitative estimate of drug-likeness (QED) is 0.894. The Bertz CT molecular complexity index is 381. The van der Waals surface area contributed by atoms with E-state index >= 15 is 0 Å². The van der Waals surface area contributed by atoms with Gasteiger partial charge in [0.2, 0.25) is 0 Å². The van der Waals surface area contributed by atoms with Gasteiger partial charge in [0, 0.05) is 16.1 Å². The van der Waals surface area contributed by atoms with E-state index in [4.69, 9.17) is 11.6 Å². The summed E-state index contributed by atoms with van der Waals surface area (Å²) in [5.74, 6) is -0.0571. The average Bonchev–Trinajstić information content (AvgIpc) is 2.22. The molecule has 0 bridgehead atoms. The van der Waals surface area contributed by atoms with Crippen molar-refractivity contribution < 1.29 is 4.79 Å². The molecule has 1 aromatic carbocycles. The van der Waals surface area contributed by atoms with E-state index in [1.54, 1.807) is 18.2 Å². The lowest BCUT2D eigenvalue weighted by Gasteiger charge is -2.12. The van der Waals surface area contributed by atoms with Gasteiger partial charge in [-0.3, -0.25) is 4.79 Å². The van der Waals surface area contributed by atoms with Crippen LogP contribution in [0.4, 0.5) is 0 Å². The zero-order valence-electron chi connectivity index (χ0n) is 9.39. The first kappa shape index (κ1) is 13.5. The van der Waals surface area contributed by atoms with Gasteiger partial charge in [-0.25, -0.2) is 0 Å². The summed E-state index contributed by atoms with van der Waals surface area (Å²) in [5, 5.41) is 3.55. The van der Waals surface area contributed by atoms with Crippen molar-refractivity contribution in [3.8, 4) is 0 Å². The summed E-state index contributed by atoms with van der Waals surface area (Å²) in [6.07, 6.45) is 2.05. The topological polar surface area (TPSA) is 29.1 Å². The lowest BCUT2D eigenvalue weighted by atomic mass is 10.1. The van der Waals surface area contributed by atoms with E-state index in [2.05, 4.69) is 28.2 Å². The predicted molar refractivity (Wildman–Crippen MR) is 71.0 cm³/mol. The first-order valence-electron chi connectivity index (χ1n) is 5.30. The lowest BCUT2D eigenvalue weighted by Crippen LogP contribution is -2.32. The molecular weight excluding hydrogens is 289 g/mol. The molecule has 1 N–H and O–H groups in total. The molecule has 16 heavy (non-hydrogen) atoms. The molecule has 0 fully saturated rings. The molecule has 1 rings (SSSR count). The maximum absolute atomic E-state index is 11.8. The zero-order chi connectivity index (χ0) is 12.1. The van der Waals surface area contributed by atoms with Crippen molar-refractivity contribution in [2.75, 3.05) is 0 Å². The number of benzene rings is 1. The zero-order valence-corrected chi connectivity index (χ0v) is 11.7. The number of hydrogen-bond acceptors (Lipinski definition) is 1. The Kier molecular flexibility index (Phi) is 5.29. The Morgan fingerprint density at radius 1 is 1.56 bits per heavy atom. The van der Waals surface area contributed by atoms with Crippen LogP contribution in [0.15, 0.2) is 22.7 Å². The van der Waals surface area contributed by atoms with E-state index in [0.717, 1.165) is 17.3 Å². The third-order valence-corrected chi connectivity index (χ3v) is 3.49. The molecule has 0 aliphatic heterocycles. The maximum atomic E-state index is 11.8. The molecule has 1 amide bonds. The van der Waals surface area contributed by atoms with E-state index in [9.17, 15) is 4.79 Å². The second-order valence-corrected chi connectivity index (χ2v) is 5.05. The SMILES string of the molecule is CCCC(C)NC(=O)c1ccc(Cl)c(Br)c1. The Balaban J connectivity index is 2.69. The standard InChI is InChI=1S/C12H15BrClNO/c1-3-4-8(2)15-12(16)9-5-6-11(14)10(13)7-9/h5-8H,3-4H2,1-2H3,(H,15,16). The van der Waals surface area contributed by atoms with E-state index in [1.165, 1.54) is 0 Å². The van der Waals surface area contributed by atoms with E-state index < -0.39 is 0 Å². The highest BCUT2D eigenvalue weighted by molar-refractivity contribution is 9.10. The molecular formula is C12H15BrClNO. The van der Waals surface area contributed by atoms with Crippen molar-refractivity contribution in [2.24, 2.45) is 0 Å². The normalized spacial score (nSPS) is 12.2. The van der Waals surface area contributed by atoms with Gasteiger partial charge in [0.1, 0.15) is 0 Å². The molecule has 0 saturated carbocycles. The van der Waals surface area contributed by atoms with E-state index in [-0.39, 0.29) is 11.9 Å². The van der Waals surface area contributed by atoms with Gasteiger partial charge >= 0.3 is 0 Å². The first-order valence-corrected chi connectivity index (χ1v) is 6.47. The number of carbonyl (C=O) groups excluding carboxylic acids is 1. The molecule has 0 saturated heterocycles. The van der Waals surface area contributed by atoms with Gasteiger partial charge in [-0.2, -0.15) is 0 Å². The van der Waals surface area contributed by atoms with Crippen LogP contribution in [0.5, 0.6) is 0 Å². The molecule has 1 aromatic rings. The Morgan fingerprint density at radius 2 is 2.25 bits per heavy atom. The summed E-state index contributed by atoms with van der Waals surface area (Å²) in [5.41, 5.74) is 0.624. The van der Waals surface area contributed by atoms with Crippen LogP contribution in [-0.4, -0.2) is 11.9 Å². The van der Waals surface area contributed by atoms with Gasteiger partial charge in [0.25, 0.3) is 5.91 Å². The van der Waals surface area contributed by atoms with Crippen LogP contribution >= 0.6 is 27.5 Å². The molecule has 0 spiro atoms. The minimum Gasteiger partial charge on any atom is -0.350 e. The number of amides is 1. The van der Waals surface area contributed by atoms with E-state index in [1.807, 2.05) is 6.92 Å². The number of halogens is 2. The van der Waals surface area contributed by atoms with Gasteiger partial charge in [0.15, 0.2) is 0 Å². The largest absolute Gasteiger partial charge is 0.350 e. The smallest absolute Gasteiger partial charge is 0.251 e. The van der Waals surface area contributed by atoms with Crippen molar-refractivity contribution in [1.82, 2.24) is 5.32 Å². The van der Waals surface area contributed by atoms with Crippen molar-refractivity contribution in [1.29, 1.82) is 0 Å². The Labute approximate surface area is 110 Å². The molecule has 88 valence electrons. The van der Waals surface area contributed by atoms with Crippen LogP contribution in [0.1, 0.15) is 37.0 Å². The summed E-state index contributed by atoms with van der Waals surface area (Å²) >= 11 is 9.16. The van der Waals surface area contributed by atoms with Gasteiger partial charge in [-0.05, 0) is 47.5 Å². The van der Waals surface area contributed by atoms with Gasteiger partial charge in [-0.1, -0.05) is 24.9 Å². The molecule has 0 aromatic heterocycles. The number of hydrogen-bond donors (Lipinski definition) is 1. The highest BCUT2D eigenvalue weighted by Crippen LogP contribution is 2.23. The van der Waals surface area contributed by atoms with Crippen LogP contribution in [-0.2, 0) is 0 Å². The van der Waals surface area contributed by atoms with Gasteiger partial charge in [0.05, 0.1) is 5.02 Å². The third kappa shape index (κ3) is 3.80. The van der Waals surface area contributed by atoms with Crippen LogP contribution in [0.2, 0.25) is 5.02 Å². The monoisotopic (exact) mass is 303 g/mol. The molecule has 1 atom stereocenters. The summed E-state index contributed by atoms with van der Waals surface area (Å²) in [6, 6.07) is 5.37. The fourth-order valence-electron chi connectivity index (χ4n) is 1.45. The number of carbonyl (C=O) groups is 1. The summed E-state index contributed by atoms with van der Waals surface area (Å²) in [4.78, 5) is 11.8. The van der Waals surface area contributed by atoms with Crippen LogP contribution in [0.25, 0.3) is 0 Å². The Morgan fingerprint density at radius 3 is 2.81 bits per heavy atom. The van der Waals surface area contributed by atoms with Gasteiger partial charge in [-0.15, -0.1) is 0 Å². The van der Waals surface area contributed by atoms with Crippen molar-refractivity contribution >= 4 is 33.4 Å². The summed E-state index contributed by atoms with van der Waals surface area (Å²) in [6.45, 7) is 4.11. The van der Waals surface area contributed by atoms with Crippen molar-refractivity contribution in [3.63, 3.8) is 0 Å². The molecule has 0 aliphatic carbocycles. The second kappa shape index (κ2) is 6.26. The average molecular weight is 305 g/mol. The van der Waals surface area contributed by atoms with Crippen LogP contribution < -0.4 is 5.32 Å². The van der Waals surface area contributed by atoms with Gasteiger partial charge < -0.3 is 5.32 Å². The predicted octanol–water partition coefficient (Wildman–Crippen LogP) is 4.02. The number of nitrogens with one attached hydrogen (secondary N) is 1. The molecule has 0 heterocycles. The summed E-state index contributed by atoms with van der Waals surface area (Å²) in [7, 11) is 0. The number of rotatable bonds is 4. The lowest BCUT2D eigenvalue weighted by molar-refractivity contribution is 0.0938. The fourth-order valence-corrected chi connectivity index (χ4v) is 1.95. The molecule has 0 aliphatic rings. The highest BCUT2D eigenvalue weighted by Gasteiger charge is 2.10. The summed E-state index contributed by atoms with van der Waals surface area (Å²) < 4.78 is 0.741. The van der Waals surface area contributed by atoms with Crippen molar-refractivity contribution in [2.45, 2.75) is 32.7 Å². The second-order valence-electron chi connectivity index (χ2n) is 3.79. The first-order chi connectivity index (χ1) is 7.54. The highest BCUT2D eigenvalue weighted by atomic mass is 79.9.